The fourth-order valence-electron chi connectivity index (χ4n) is 1.98. The van der Waals surface area contributed by atoms with E-state index in [1.54, 1.807) is 27.0 Å². The zero-order valence-electron chi connectivity index (χ0n) is 12.2. The Bertz CT molecular complexity index is 657. The van der Waals surface area contributed by atoms with Crippen molar-refractivity contribution in [1.29, 1.82) is 0 Å². The molecule has 1 aromatic heterocycles. The molecular weight excluding hydrogens is 280 g/mol. The summed E-state index contributed by atoms with van der Waals surface area (Å²) in [4.78, 5) is 11.6. The maximum atomic E-state index is 11.9. The van der Waals surface area contributed by atoms with Crippen molar-refractivity contribution in [2.75, 3.05) is 13.1 Å². The van der Waals surface area contributed by atoms with Gasteiger partial charge in [-0.05, 0) is 26.8 Å². The Kier molecular flexibility index (Phi) is 3.93. The van der Waals surface area contributed by atoms with Crippen LogP contribution in [-0.2, 0) is 17.1 Å². The Balaban J connectivity index is 2.01. The third-order valence-corrected chi connectivity index (χ3v) is 5.76. The molecular formula is C13H20N2O4S. The standard InChI is InChI=1S/C13H20N2O4S/c1-9(2)20(17,18)15-7-12(8-15)19-11-5-10(3)14(4)13(16)6-11/h5-6,9,12H,7-8H2,1-4H3. The van der Waals surface area contributed by atoms with E-state index in [0.29, 0.717) is 18.8 Å². The van der Waals surface area contributed by atoms with Crippen LogP contribution in [0.5, 0.6) is 5.75 Å². The zero-order valence-corrected chi connectivity index (χ0v) is 13.0. The van der Waals surface area contributed by atoms with E-state index in [1.807, 2.05) is 6.92 Å². The Morgan fingerprint density at radius 2 is 1.90 bits per heavy atom. The average Bonchev–Trinajstić information content (AvgIpc) is 2.29. The first-order chi connectivity index (χ1) is 9.21. The molecule has 0 bridgehead atoms. The summed E-state index contributed by atoms with van der Waals surface area (Å²) in [6.07, 6.45) is -0.185. The van der Waals surface area contributed by atoms with Gasteiger partial charge < -0.3 is 9.30 Å². The summed E-state index contributed by atoms with van der Waals surface area (Å²) in [5.74, 6) is 0.497. The van der Waals surface area contributed by atoms with Crippen molar-refractivity contribution in [2.24, 2.45) is 7.05 Å². The van der Waals surface area contributed by atoms with E-state index in [4.69, 9.17) is 4.74 Å². The van der Waals surface area contributed by atoms with Crippen LogP contribution in [0.25, 0.3) is 0 Å². The van der Waals surface area contributed by atoms with Crippen molar-refractivity contribution >= 4 is 10.0 Å². The minimum atomic E-state index is -3.20. The van der Waals surface area contributed by atoms with Crippen LogP contribution in [0.2, 0.25) is 0 Å². The highest BCUT2D eigenvalue weighted by molar-refractivity contribution is 7.89. The normalized spacial score (nSPS) is 17.2. The van der Waals surface area contributed by atoms with E-state index >= 15 is 0 Å². The first kappa shape index (κ1) is 15.1. The van der Waals surface area contributed by atoms with Gasteiger partial charge in [0.2, 0.25) is 10.0 Å². The van der Waals surface area contributed by atoms with Crippen LogP contribution in [-0.4, -0.2) is 41.7 Å². The number of pyridine rings is 1. The largest absolute Gasteiger partial charge is 0.487 e. The molecule has 2 rings (SSSR count). The van der Waals surface area contributed by atoms with Gasteiger partial charge in [-0.1, -0.05) is 0 Å². The molecule has 0 radical (unpaired) electrons. The number of ether oxygens (including phenoxy) is 1. The second kappa shape index (κ2) is 5.21. The summed E-state index contributed by atoms with van der Waals surface area (Å²) in [5, 5.41) is -0.422. The fourth-order valence-corrected chi connectivity index (χ4v) is 3.32. The molecule has 112 valence electrons. The minimum Gasteiger partial charge on any atom is -0.487 e. The molecule has 0 spiro atoms. The monoisotopic (exact) mass is 300 g/mol. The second-order valence-corrected chi connectivity index (χ2v) is 7.87. The molecule has 0 aliphatic carbocycles. The summed E-state index contributed by atoms with van der Waals surface area (Å²) in [7, 11) is -1.50. The first-order valence-corrected chi connectivity index (χ1v) is 8.05. The van der Waals surface area contributed by atoms with Gasteiger partial charge in [-0.15, -0.1) is 0 Å². The van der Waals surface area contributed by atoms with Gasteiger partial charge in [0, 0.05) is 18.8 Å². The van der Waals surface area contributed by atoms with E-state index in [0.717, 1.165) is 5.69 Å². The molecule has 7 heteroatoms. The lowest BCUT2D eigenvalue weighted by atomic mass is 10.2. The smallest absolute Gasteiger partial charge is 0.254 e. The van der Waals surface area contributed by atoms with Gasteiger partial charge in [-0.2, -0.15) is 4.31 Å². The van der Waals surface area contributed by atoms with Crippen molar-refractivity contribution in [3.05, 3.63) is 28.2 Å². The predicted octanol–water partition coefficient (Wildman–Crippen LogP) is 0.495. The molecule has 1 fully saturated rings. The average molecular weight is 300 g/mol. The Morgan fingerprint density at radius 3 is 2.40 bits per heavy atom. The van der Waals surface area contributed by atoms with Crippen LogP contribution in [0.4, 0.5) is 0 Å². The summed E-state index contributed by atoms with van der Waals surface area (Å²) >= 11 is 0. The molecule has 20 heavy (non-hydrogen) atoms. The number of nitrogens with zero attached hydrogens (tertiary/aromatic N) is 2. The predicted molar refractivity (Wildman–Crippen MR) is 76.5 cm³/mol. The first-order valence-electron chi connectivity index (χ1n) is 6.55. The van der Waals surface area contributed by atoms with E-state index in [1.165, 1.54) is 14.9 Å². The highest BCUT2D eigenvalue weighted by atomic mass is 32.2. The van der Waals surface area contributed by atoms with Gasteiger partial charge in [0.05, 0.1) is 18.3 Å². The maximum Gasteiger partial charge on any atom is 0.254 e. The lowest BCUT2D eigenvalue weighted by Gasteiger charge is -2.38. The van der Waals surface area contributed by atoms with Crippen LogP contribution in [0.1, 0.15) is 19.5 Å². The quantitative estimate of drug-likeness (QED) is 0.812. The Labute approximate surface area is 119 Å². The molecule has 0 N–H and O–H groups in total. The molecule has 1 saturated heterocycles. The lowest BCUT2D eigenvalue weighted by Crippen LogP contribution is -2.57. The molecule has 2 heterocycles. The molecule has 0 saturated carbocycles. The van der Waals surface area contributed by atoms with Gasteiger partial charge in [0.25, 0.3) is 5.56 Å². The zero-order chi connectivity index (χ0) is 15.1. The molecule has 1 aromatic rings. The Hall–Kier alpha value is -1.34. The second-order valence-electron chi connectivity index (χ2n) is 5.38. The summed E-state index contributed by atoms with van der Waals surface area (Å²) in [6.45, 7) is 5.83. The summed E-state index contributed by atoms with van der Waals surface area (Å²) in [5.41, 5.74) is 0.671. The Morgan fingerprint density at radius 1 is 1.30 bits per heavy atom. The van der Waals surface area contributed by atoms with Crippen LogP contribution in [0.3, 0.4) is 0 Å². The van der Waals surface area contributed by atoms with Crippen LogP contribution < -0.4 is 10.3 Å². The molecule has 0 unspecified atom stereocenters. The number of aromatic nitrogens is 1. The van der Waals surface area contributed by atoms with Crippen LogP contribution >= 0.6 is 0 Å². The van der Waals surface area contributed by atoms with Crippen LogP contribution in [0.15, 0.2) is 16.9 Å². The number of rotatable bonds is 4. The number of aryl methyl sites for hydroxylation is 1. The van der Waals surface area contributed by atoms with Crippen LogP contribution in [0, 0.1) is 6.92 Å². The topological polar surface area (TPSA) is 68.6 Å². The molecule has 0 aromatic carbocycles. The maximum absolute atomic E-state index is 11.9. The fraction of sp³-hybridized carbons (Fsp3) is 0.615. The van der Waals surface area contributed by atoms with Crippen molar-refractivity contribution < 1.29 is 13.2 Å². The molecule has 0 atom stereocenters. The minimum absolute atomic E-state index is 0.133. The lowest BCUT2D eigenvalue weighted by molar-refractivity contribution is 0.0754. The van der Waals surface area contributed by atoms with E-state index < -0.39 is 15.3 Å². The van der Waals surface area contributed by atoms with Gasteiger partial charge in [-0.3, -0.25) is 4.79 Å². The third kappa shape index (κ3) is 2.73. The number of sulfonamides is 1. The summed E-state index contributed by atoms with van der Waals surface area (Å²) < 4.78 is 32.4. The molecule has 1 aliphatic heterocycles. The molecule has 0 amide bonds. The third-order valence-electron chi connectivity index (χ3n) is 3.55. The van der Waals surface area contributed by atoms with Crippen molar-refractivity contribution in [2.45, 2.75) is 32.1 Å². The van der Waals surface area contributed by atoms with Gasteiger partial charge in [-0.25, -0.2) is 8.42 Å². The summed E-state index contributed by atoms with van der Waals surface area (Å²) in [6, 6.07) is 3.20. The SMILES string of the molecule is Cc1cc(OC2CN(S(=O)(=O)C(C)C)C2)cc(=O)n1C. The van der Waals surface area contributed by atoms with E-state index in [-0.39, 0.29) is 11.7 Å². The molecule has 1 aliphatic rings. The number of hydrogen-bond donors (Lipinski definition) is 0. The van der Waals surface area contributed by atoms with Gasteiger partial charge >= 0.3 is 0 Å². The number of hydrogen-bond acceptors (Lipinski definition) is 4. The highest BCUT2D eigenvalue weighted by Gasteiger charge is 2.38. The van der Waals surface area contributed by atoms with Gasteiger partial charge in [0.1, 0.15) is 11.9 Å². The molecule has 6 nitrogen and oxygen atoms in total. The van der Waals surface area contributed by atoms with E-state index in [2.05, 4.69) is 0 Å². The highest BCUT2D eigenvalue weighted by Crippen LogP contribution is 2.22. The van der Waals surface area contributed by atoms with Crippen molar-refractivity contribution in [1.82, 2.24) is 8.87 Å². The van der Waals surface area contributed by atoms with Crippen molar-refractivity contribution in [3.8, 4) is 5.75 Å². The van der Waals surface area contributed by atoms with Crippen molar-refractivity contribution in [3.63, 3.8) is 0 Å². The van der Waals surface area contributed by atoms with E-state index in [9.17, 15) is 13.2 Å². The van der Waals surface area contributed by atoms with Gasteiger partial charge in [0.15, 0.2) is 0 Å².